The molecule has 4 aromatic rings. The minimum absolute atomic E-state index is 0.240. The first-order valence-electron chi connectivity index (χ1n) is 9.98. The summed E-state index contributed by atoms with van der Waals surface area (Å²) < 4.78 is 0. The number of hydrogen-bond acceptors (Lipinski definition) is 7. The summed E-state index contributed by atoms with van der Waals surface area (Å²) in [6, 6.07) is 5.54. The molecule has 0 radical (unpaired) electrons. The summed E-state index contributed by atoms with van der Waals surface area (Å²) in [6.07, 6.45) is 6.88. The molecule has 1 aromatic carbocycles. The van der Waals surface area contributed by atoms with Crippen LogP contribution in [0.4, 0.5) is 16.7 Å². The zero-order chi connectivity index (χ0) is 21.8. The molecule has 10 heteroatoms. The summed E-state index contributed by atoms with van der Waals surface area (Å²) in [6.45, 7) is 6.42. The second kappa shape index (κ2) is 8.74. The molecular formula is C21H23N9O. The van der Waals surface area contributed by atoms with Crippen LogP contribution in [0.2, 0.25) is 0 Å². The molecule has 0 aliphatic rings. The van der Waals surface area contributed by atoms with Gasteiger partial charge in [-0.3, -0.25) is 5.32 Å². The minimum Gasteiger partial charge on any atom is -0.352 e. The SMILES string of the molecule is CCNC(=O)Nc1nc2cc(-c3cnc(NC(C)C)nc3)cc(-c3ncccn3)c2[nH]1. The molecule has 0 saturated carbocycles. The molecule has 0 bridgehead atoms. The van der Waals surface area contributed by atoms with Crippen molar-refractivity contribution in [2.45, 2.75) is 26.8 Å². The summed E-state index contributed by atoms with van der Waals surface area (Å²) in [7, 11) is 0. The van der Waals surface area contributed by atoms with E-state index in [1.165, 1.54) is 0 Å². The second-order valence-electron chi connectivity index (χ2n) is 7.15. The molecule has 3 heterocycles. The van der Waals surface area contributed by atoms with Crippen molar-refractivity contribution in [1.29, 1.82) is 0 Å². The fourth-order valence-electron chi connectivity index (χ4n) is 3.08. The molecule has 0 spiro atoms. The summed E-state index contributed by atoms with van der Waals surface area (Å²) in [4.78, 5) is 37.1. The molecule has 4 rings (SSSR count). The largest absolute Gasteiger partial charge is 0.352 e. The van der Waals surface area contributed by atoms with E-state index in [0.717, 1.165) is 22.2 Å². The van der Waals surface area contributed by atoms with Gasteiger partial charge in [0.05, 0.1) is 11.0 Å². The van der Waals surface area contributed by atoms with Crippen molar-refractivity contribution in [3.05, 3.63) is 43.0 Å². The van der Waals surface area contributed by atoms with E-state index in [-0.39, 0.29) is 12.1 Å². The third-order valence-electron chi connectivity index (χ3n) is 4.37. The fraction of sp³-hybridized carbons (Fsp3) is 0.238. The Morgan fingerprint density at radius 1 is 1.06 bits per heavy atom. The first-order valence-corrected chi connectivity index (χ1v) is 9.98. The lowest BCUT2D eigenvalue weighted by molar-refractivity contribution is 0.252. The summed E-state index contributed by atoms with van der Waals surface area (Å²) >= 11 is 0. The number of amides is 2. The Morgan fingerprint density at radius 3 is 2.48 bits per heavy atom. The predicted octanol–water partition coefficient (Wildman–Crippen LogP) is 3.44. The van der Waals surface area contributed by atoms with Gasteiger partial charge < -0.3 is 15.6 Å². The van der Waals surface area contributed by atoms with E-state index in [1.807, 2.05) is 32.9 Å². The lowest BCUT2D eigenvalue weighted by atomic mass is 10.0. The monoisotopic (exact) mass is 417 g/mol. The molecule has 0 aliphatic heterocycles. The molecule has 3 aromatic heterocycles. The normalized spacial score (nSPS) is 11.0. The van der Waals surface area contributed by atoms with Crippen molar-refractivity contribution in [3.8, 4) is 22.5 Å². The van der Waals surface area contributed by atoms with Crippen molar-refractivity contribution in [3.63, 3.8) is 0 Å². The van der Waals surface area contributed by atoms with E-state index in [4.69, 9.17) is 0 Å². The summed E-state index contributed by atoms with van der Waals surface area (Å²) in [5.74, 6) is 1.45. The van der Waals surface area contributed by atoms with E-state index in [2.05, 4.69) is 45.9 Å². The predicted molar refractivity (Wildman–Crippen MR) is 120 cm³/mol. The molecule has 0 fully saturated rings. The van der Waals surface area contributed by atoms with Crippen LogP contribution in [-0.2, 0) is 0 Å². The molecule has 0 saturated heterocycles. The van der Waals surface area contributed by atoms with Crippen molar-refractivity contribution in [1.82, 2.24) is 35.2 Å². The van der Waals surface area contributed by atoms with Crippen molar-refractivity contribution >= 4 is 29.0 Å². The number of nitrogens with one attached hydrogen (secondary N) is 4. The highest BCUT2D eigenvalue weighted by Crippen LogP contribution is 2.32. The van der Waals surface area contributed by atoms with E-state index < -0.39 is 0 Å². The van der Waals surface area contributed by atoms with Gasteiger partial charge in [0.2, 0.25) is 11.9 Å². The topological polar surface area (TPSA) is 133 Å². The van der Waals surface area contributed by atoms with Crippen molar-refractivity contribution in [2.24, 2.45) is 0 Å². The number of aromatic amines is 1. The number of nitrogens with zero attached hydrogens (tertiary/aromatic N) is 5. The highest BCUT2D eigenvalue weighted by Gasteiger charge is 2.15. The average Bonchev–Trinajstić information content (AvgIpc) is 3.16. The lowest BCUT2D eigenvalue weighted by Gasteiger charge is -2.09. The van der Waals surface area contributed by atoms with E-state index >= 15 is 0 Å². The highest BCUT2D eigenvalue weighted by molar-refractivity contribution is 5.97. The molecule has 158 valence electrons. The van der Waals surface area contributed by atoms with Gasteiger partial charge in [-0.2, -0.15) is 0 Å². The van der Waals surface area contributed by atoms with Gasteiger partial charge in [0.15, 0.2) is 5.82 Å². The van der Waals surface area contributed by atoms with Crippen LogP contribution in [0.25, 0.3) is 33.5 Å². The van der Waals surface area contributed by atoms with Gasteiger partial charge in [0, 0.05) is 48.5 Å². The number of imidazole rings is 1. The average molecular weight is 417 g/mol. The van der Waals surface area contributed by atoms with Crippen molar-refractivity contribution in [2.75, 3.05) is 17.2 Å². The van der Waals surface area contributed by atoms with Crippen LogP contribution in [0.5, 0.6) is 0 Å². The van der Waals surface area contributed by atoms with E-state index in [9.17, 15) is 4.79 Å². The Labute approximate surface area is 179 Å². The lowest BCUT2D eigenvalue weighted by Crippen LogP contribution is -2.28. The van der Waals surface area contributed by atoms with Crippen LogP contribution in [0.3, 0.4) is 0 Å². The van der Waals surface area contributed by atoms with Gasteiger partial charge in [-0.25, -0.2) is 29.7 Å². The number of anilines is 2. The molecule has 10 nitrogen and oxygen atoms in total. The molecule has 0 aliphatic carbocycles. The second-order valence-corrected chi connectivity index (χ2v) is 7.15. The number of fused-ring (bicyclic) bond motifs is 1. The van der Waals surface area contributed by atoms with E-state index in [1.54, 1.807) is 30.9 Å². The zero-order valence-corrected chi connectivity index (χ0v) is 17.5. The van der Waals surface area contributed by atoms with Gasteiger partial charge in [-0.05, 0) is 44.5 Å². The number of hydrogen-bond donors (Lipinski definition) is 4. The Hall–Kier alpha value is -4.08. The Morgan fingerprint density at radius 2 is 1.81 bits per heavy atom. The number of aromatic nitrogens is 6. The summed E-state index contributed by atoms with van der Waals surface area (Å²) in [5, 5.41) is 8.57. The molecular weight excluding hydrogens is 394 g/mol. The van der Waals surface area contributed by atoms with E-state index in [0.29, 0.717) is 29.8 Å². The fourth-order valence-corrected chi connectivity index (χ4v) is 3.08. The van der Waals surface area contributed by atoms with Crippen LogP contribution in [0.15, 0.2) is 43.0 Å². The third-order valence-corrected chi connectivity index (χ3v) is 4.37. The van der Waals surface area contributed by atoms with Crippen LogP contribution in [0, 0.1) is 0 Å². The van der Waals surface area contributed by atoms with Gasteiger partial charge in [0.25, 0.3) is 0 Å². The number of carbonyl (C=O) groups is 1. The van der Waals surface area contributed by atoms with Crippen LogP contribution in [-0.4, -0.2) is 48.5 Å². The maximum Gasteiger partial charge on any atom is 0.321 e. The zero-order valence-electron chi connectivity index (χ0n) is 17.5. The molecule has 2 amide bonds. The third kappa shape index (κ3) is 4.58. The minimum atomic E-state index is -0.332. The molecule has 31 heavy (non-hydrogen) atoms. The highest BCUT2D eigenvalue weighted by atomic mass is 16.2. The van der Waals surface area contributed by atoms with Crippen molar-refractivity contribution < 1.29 is 4.79 Å². The number of rotatable bonds is 6. The molecule has 4 N–H and O–H groups in total. The number of urea groups is 1. The Balaban J connectivity index is 1.78. The molecule has 0 unspecified atom stereocenters. The van der Waals surface area contributed by atoms with Crippen LogP contribution >= 0.6 is 0 Å². The smallest absolute Gasteiger partial charge is 0.321 e. The summed E-state index contributed by atoms with van der Waals surface area (Å²) in [5.41, 5.74) is 3.84. The number of H-pyrrole nitrogens is 1. The standard InChI is InChI=1S/C21H23N9O/c1-4-22-21(31)30-20-28-16-9-13(14-10-25-19(26-11-14)27-12(2)3)8-15(17(16)29-20)18-23-6-5-7-24-18/h5-12H,4H2,1-3H3,(H,25,26,27)(H3,22,28,29,30,31). The maximum atomic E-state index is 11.9. The van der Waals surface area contributed by atoms with Gasteiger partial charge in [0.1, 0.15) is 0 Å². The van der Waals surface area contributed by atoms with Gasteiger partial charge in [-0.15, -0.1) is 0 Å². The first kappa shape index (κ1) is 20.2. The first-order chi connectivity index (χ1) is 15.0. The Bertz CT molecular complexity index is 1190. The quantitative estimate of drug-likeness (QED) is 0.378. The number of benzene rings is 1. The van der Waals surface area contributed by atoms with Crippen LogP contribution < -0.4 is 16.0 Å². The number of carbonyl (C=O) groups excluding carboxylic acids is 1. The Kier molecular flexibility index (Phi) is 5.69. The van der Waals surface area contributed by atoms with Gasteiger partial charge in [-0.1, -0.05) is 0 Å². The van der Waals surface area contributed by atoms with Crippen LogP contribution in [0.1, 0.15) is 20.8 Å². The van der Waals surface area contributed by atoms with Gasteiger partial charge >= 0.3 is 6.03 Å². The maximum absolute atomic E-state index is 11.9. The molecule has 0 atom stereocenters.